The number of rotatable bonds is 3. The van der Waals surface area contributed by atoms with Crippen molar-refractivity contribution in [1.82, 2.24) is 9.78 Å². The molecular formula is C9H16ClN3. The second kappa shape index (κ2) is 4.11. The molecule has 3 nitrogen and oxygen atoms in total. The van der Waals surface area contributed by atoms with E-state index in [4.69, 9.17) is 17.3 Å². The molecular weight excluding hydrogens is 186 g/mol. The third-order valence-corrected chi connectivity index (χ3v) is 2.51. The van der Waals surface area contributed by atoms with E-state index < -0.39 is 0 Å². The van der Waals surface area contributed by atoms with Gasteiger partial charge < -0.3 is 5.73 Å². The van der Waals surface area contributed by atoms with E-state index in [2.05, 4.69) is 18.9 Å². The van der Waals surface area contributed by atoms with Crippen LogP contribution in [0.1, 0.15) is 31.0 Å². The molecule has 4 heteroatoms. The maximum atomic E-state index is 6.08. The van der Waals surface area contributed by atoms with E-state index in [-0.39, 0.29) is 0 Å². The summed E-state index contributed by atoms with van der Waals surface area (Å²) in [5, 5.41) is 5.07. The quantitative estimate of drug-likeness (QED) is 0.809. The topological polar surface area (TPSA) is 43.8 Å². The van der Waals surface area contributed by atoms with Crippen LogP contribution >= 0.6 is 11.6 Å². The molecule has 0 spiro atoms. The highest BCUT2D eigenvalue weighted by Gasteiger charge is 2.15. The zero-order chi connectivity index (χ0) is 10.0. The fraction of sp³-hybridized carbons (Fsp3) is 0.667. The standard InChI is InChI=1S/C9H16ClN3/c1-6(2)8-7(4-5-11)9(10)13(3)12-8/h6H,4-5,11H2,1-3H3. The van der Waals surface area contributed by atoms with Crippen LogP contribution in [0, 0.1) is 0 Å². The first-order valence-corrected chi connectivity index (χ1v) is 4.87. The molecule has 0 aliphatic carbocycles. The molecule has 0 atom stereocenters. The van der Waals surface area contributed by atoms with Crippen molar-refractivity contribution in [3.05, 3.63) is 16.4 Å². The average molecular weight is 202 g/mol. The molecule has 0 saturated carbocycles. The van der Waals surface area contributed by atoms with E-state index in [1.54, 1.807) is 4.68 Å². The Kier molecular flexibility index (Phi) is 3.33. The summed E-state index contributed by atoms with van der Waals surface area (Å²) in [5.74, 6) is 0.403. The van der Waals surface area contributed by atoms with Crippen molar-refractivity contribution >= 4 is 11.6 Å². The Morgan fingerprint density at radius 3 is 2.62 bits per heavy atom. The number of aromatic nitrogens is 2. The summed E-state index contributed by atoms with van der Waals surface area (Å²) >= 11 is 6.08. The highest BCUT2D eigenvalue weighted by Crippen LogP contribution is 2.25. The van der Waals surface area contributed by atoms with Crippen LogP contribution in [0.2, 0.25) is 5.15 Å². The molecule has 13 heavy (non-hydrogen) atoms. The first-order chi connectivity index (χ1) is 6.07. The van der Waals surface area contributed by atoms with Crippen LogP contribution in [0.25, 0.3) is 0 Å². The van der Waals surface area contributed by atoms with Crippen molar-refractivity contribution in [3.63, 3.8) is 0 Å². The SMILES string of the molecule is CC(C)c1nn(C)c(Cl)c1CCN. The van der Waals surface area contributed by atoms with Gasteiger partial charge in [0.25, 0.3) is 0 Å². The minimum Gasteiger partial charge on any atom is -0.330 e. The minimum atomic E-state index is 0.403. The van der Waals surface area contributed by atoms with Gasteiger partial charge in [-0.05, 0) is 18.9 Å². The molecule has 2 N–H and O–H groups in total. The van der Waals surface area contributed by atoms with Crippen LogP contribution in [0.15, 0.2) is 0 Å². The lowest BCUT2D eigenvalue weighted by molar-refractivity contribution is 0.712. The highest BCUT2D eigenvalue weighted by molar-refractivity contribution is 6.30. The normalized spacial score (nSPS) is 11.2. The second-order valence-corrected chi connectivity index (χ2v) is 3.83. The van der Waals surface area contributed by atoms with Gasteiger partial charge in [0, 0.05) is 12.6 Å². The van der Waals surface area contributed by atoms with E-state index >= 15 is 0 Å². The third kappa shape index (κ3) is 2.03. The number of aryl methyl sites for hydroxylation is 1. The first-order valence-electron chi connectivity index (χ1n) is 4.49. The predicted molar refractivity (Wildman–Crippen MR) is 55.1 cm³/mol. The molecule has 0 fully saturated rings. The van der Waals surface area contributed by atoms with Crippen molar-refractivity contribution in [1.29, 1.82) is 0 Å². The van der Waals surface area contributed by atoms with Gasteiger partial charge in [0.05, 0.1) is 5.69 Å². The smallest absolute Gasteiger partial charge is 0.130 e. The fourth-order valence-corrected chi connectivity index (χ4v) is 1.64. The van der Waals surface area contributed by atoms with Crippen molar-refractivity contribution in [2.45, 2.75) is 26.2 Å². The van der Waals surface area contributed by atoms with Crippen molar-refractivity contribution in [2.75, 3.05) is 6.54 Å². The largest absolute Gasteiger partial charge is 0.330 e. The lowest BCUT2D eigenvalue weighted by Crippen LogP contribution is -2.05. The molecule has 0 radical (unpaired) electrons. The lowest BCUT2D eigenvalue weighted by atomic mass is 10.0. The fourth-order valence-electron chi connectivity index (χ4n) is 1.41. The number of nitrogens with two attached hydrogens (primary N) is 1. The number of hydrogen-bond donors (Lipinski definition) is 1. The van der Waals surface area contributed by atoms with E-state index in [1.807, 2.05) is 7.05 Å². The van der Waals surface area contributed by atoms with Gasteiger partial charge in [-0.1, -0.05) is 25.4 Å². The minimum absolute atomic E-state index is 0.403. The molecule has 0 aliphatic rings. The van der Waals surface area contributed by atoms with Gasteiger partial charge in [0.1, 0.15) is 5.15 Å². The lowest BCUT2D eigenvalue weighted by Gasteiger charge is -2.03. The van der Waals surface area contributed by atoms with E-state index in [0.29, 0.717) is 17.6 Å². The molecule has 1 heterocycles. The summed E-state index contributed by atoms with van der Waals surface area (Å²) in [7, 11) is 1.86. The summed E-state index contributed by atoms with van der Waals surface area (Å²) in [6.45, 7) is 4.84. The molecule has 1 aromatic rings. The van der Waals surface area contributed by atoms with E-state index in [1.165, 1.54) is 0 Å². The Balaban J connectivity index is 3.11. The molecule has 0 bridgehead atoms. The summed E-state index contributed by atoms with van der Waals surface area (Å²) in [6, 6.07) is 0. The Morgan fingerprint density at radius 2 is 2.15 bits per heavy atom. The van der Waals surface area contributed by atoms with Crippen molar-refractivity contribution in [3.8, 4) is 0 Å². The third-order valence-electron chi connectivity index (χ3n) is 2.04. The second-order valence-electron chi connectivity index (χ2n) is 3.47. The van der Waals surface area contributed by atoms with Crippen LogP contribution in [-0.2, 0) is 13.5 Å². The highest BCUT2D eigenvalue weighted by atomic mass is 35.5. The van der Waals surface area contributed by atoms with Gasteiger partial charge in [-0.2, -0.15) is 5.10 Å². The van der Waals surface area contributed by atoms with E-state index in [0.717, 1.165) is 17.7 Å². The van der Waals surface area contributed by atoms with Crippen molar-refractivity contribution in [2.24, 2.45) is 12.8 Å². The molecule has 1 aromatic heterocycles. The summed E-state index contributed by atoms with van der Waals surface area (Å²) in [4.78, 5) is 0. The summed E-state index contributed by atoms with van der Waals surface area (Å²) < 4.78 is 1.71. The van der Waals surface area contributed by atoms with Crippen LogP contribution in [0.3, 0.4) is 0 Å². The van der Waals surface area contributed by atoms with E-state index in [9.17, 15) is 0 Å². The molecule has 1 rings (SSSR count). The average Bonchev–Trinajstić information content (AvgIpc) is 2.33. The number of hydrogen-bond acceptors (Lipinski definition) is 2. The molecule has 74 valence electrons. The van der Waals surface area contributed by atoms with Gasteiger partial charge in [-0.25, -0.2) is 0 Å². The van der Waals surface area contributed by atoms with Gasteiger partial charge in [-0.15, -0.1) is 0 Å². The van der Waals surface area contributed by atoms with Crippen molar-refractivity contribution < 1.29 is 0 Å². The Bertz CT molecular complexity index is 291. The van der Waals surface area contributed by atoms with Gasteiger partial charge in [0.15, 0.2) is 0 Å². The zero-order valence-electron chi connectivity index (χ0n) is 8.34. The Hall–Kier alpha value is -0.540. The molecule has 0 aromatic carbocycles. The maximum Gasteiger partial charge on any atom is 0.130 e. The maximum absolute atomic E-state index is 6.08. The first kappa shape index (κ1) is 10.5. The molecule has 0 saturated heterocycles. The summed E-state index contributed by atoms with van der Waals surface area (Å²) in [5.41, 5.74) is 7.68. The van der Waals surface area contributed by atoms with Crippen LogP contribution in [-0.4, -0.2) is 16.3 Å². The van der Waals surface area contributed by atoms with Gasteiger partial charge in [-0.3, -0.25) is 4.68 Å². The summed E-state index contributed by atoms with van der Waals surface area (Å²) in [6.07, 6.45) is 0.806. The van der Waals surface area contributed by atoms with Crippen LogP contribution in [0.5, 0.6) is 0 Å². The van der Waals surface area contributed by atoms with Crippen LogP contribution in [0.4, 0.5) is 0 Å². The molecule has 0 unspecified atom stereocenters. The number of nitrogens with zero attached hydrogens (tertiary/aromatic N) is 2. The molecule has 0 amide bonds. The predicted octanol–water partition coefficient (Wildman–Crippen LogP) is 1.70. The zero-order valence-corrected chi connectivity index (χ0v) is 9.10. The van der Waals surface area contributed by atoms with Gasteiger partial charge in [0.2, 0.25) is 0 Å². The van der Waals surface area contributed by atoms with Crippen LogP contribution < -0.4 is 5.73 Å². The number of halogens is 1. The van der Waals surface area contributed by atoms with Gasteiger partial charge >= 0.3 is 0 Å². The Morgan fingerprint density at radius 1 is 1.54 bits per heavy atom. The molecule has 0 aliphatic heterocycles. The Labute approximate surface area is 83.9 Å². The monoisotopic (exact) mass is 201 g/mol.